The summed E-state index contributed by atoms with van der Waals surface area (Å²) in [5, 5.41) is 0. The quantitative estimate of drug-likeness (QED) is 0.461. The molecule has 3 heteroatoms. The Morgan fingerprint density at radius 3 is 2.37 bits per heavy atom. The molecule has 0 aliphatic heterocycles. The standard InChI is InChI=1S/C24H40N2O/c1-4-5-8-15-23(18-22-13-9-6-10-14-22)20-26(19-21(2)3)24(27)16-11-7-12-17-25/h6,9-10,13-14,18,21H,4-5,7-8,11-12,15-17,19-20,25H2,1-3H3/p+1/b23-18-. The summed E-state index contributed by atoms with van der Waals surface area (Å²) in [5.41, 5.74) is 6.50. The minimum absolute atomic E-state index is 0.308. The molecule has 152 valence electrons. The number of nitrogens with zero attached hydrogens (tertiary/aromatic N) is 1. The van der Waals surface area contributed by atoms with Crippen LogP contribution in [0.25, 0.3) is 6.08 Å². The number of unbranched alkanes of at least 4 members (excludes halogenated alkanes) is 4. The van der Waals surface area contributed by atoms with E-state index in [1.54, 1.807) is 0 Å². The molecule has 0 spiro atoms. The predicted molar refractivity (Wildman–Crippen MR) is 116 cm³/mol. The van der Waals surface area contributed by atoms with Crippen LogP contribution >= 0.6 is 0 Å². The molecular formula is C24H41N2O+. The van der Waals surface area contributed by atoms with Crippen molar-refractivity contribution in [3.63, 3.8) is 0 Å². The van der Waals surface area contributed by atoms with Crippen LogP contribution in [0.5, 0.6) is 0 Å². The Morgan fingerprint density at radius 1 is 1.04 bits per heavy atom. The Bertz CT molecular complexity index is 537. The van der Waals surface area contributed by atoms with Crippen molar-refractivity contribution in [2.24, 2.45) is 5.92 Å². The number of quaternary nitrogens is 1. The Kier molecular flexibility index (Phi) is 12.5. The molecule has 1 rings (SSSR count). The van der Waals surface area contributed by atoms with Gasteiger partial charge in [-0.15, -0.1) is 0 Å². The molecule has 1 amide bonds. The average molecular weight is 374 g/mol. The van der Waals surface area contributed by atoms with Crippen molar-refractivity contribution in [1.82, 2.24) is 4.90 Å². The van der Waals surface area contributed by atoms with Gasteiger partial charge in [-0.2, -0.15) is 0 Å². The Morgan fingerprint density at radius 2 is 1.74 bits per heavy atom. The van der Waals surface area contributed by atoms with Crippen LogP contribution in [0.1, 0.15) is 77.7 Å². The summed E-state index contributed by atoms with van der Waals surface area (Å²) in [6.45, 7) is 9.20. The van der Waals surface area contributed by atoms with Crippen molar-refractivity contribution < 1.29 is 10.5 Å². The molecule has 0 radical (unpaired) electrons. The third-order valence-electron chi connectivity index (χ3n) is 4.74. The maximum atomic E-state index is 12.8. The van der Waals surface area contributed by atoms with Crippen molar-refractivity contribution in [2.45, 2.75) is 72.1 Å². The van der Waals surface area contributed by atoms with Gasteiger partial charge in [0.15, 0.2) is 0 Å². The average Bonchev–Trinajstić information content (AvgIpc) is 2.65. The fraction of sp³-hybridized carbons (Fsp3) is 0.625. The lowest BCUT2D eigenvalue weighted by molar-refractivity contribution is -0.368. The number of carbonyl (C=O) groups excluding carboxylic acids is 1. The first-order valence-corrected chi connectivity index (χ1v) is 10.9. The molecule has 0 saturated heterocycles. The molecule has 0 heterocycles. The first kappa shape index (κ1) is 23.4. The van der Waals surface area contributed by atoms with Crippen LogP contribution in [0.4, 0.5) is 0 Å². The van der Waals surface area contributed by atoms with E-state index in [2.05, 4.69) is 67.8 Å². The lowest BCUT2D eigenvalue weighted by Crippen LogP contribution is -2.50. The van der Waals surface area contributed by atoms with Gasteiger partial charge in [-0.3, -0.25) is 4.79 Å². The van der Waals surface area contributed by atoms with E-state index in [-0.39, 0.29) is 0 Å². The topological polar surface area (TPSA) is 48.0 Å². The van der Waals surface area contributed by atoms with Crippen molar-refractivity contribution >= 4 is 12.0 Å². The molecule has 0 bridgehead atoms. The highest BCUT2D eigenvalue weighted by Crippen LogP contribution is 2.17. The zero-order chi connectivity index (χ0) is 19.9. The highest BCUT2D eigenvalue weighted by atomic mass is 16.2. The second-order valence-electron chi connectivity index (χ2n) is 8.00. The monoisotopic (exact) mass is 373 g/mol. The van der Waals surface area contributed by atoms with Gasteiger partial charge in [-0.25, -0.2) is 0 Å². The fourth-order valence-electron chi connectivity index (χ4n) is 3.31. The Balaban J connectivity index is 2.82. The van der Waals surface area contributed by atoms with E-state index in [4.69, 9.17) is 0 Å². The SMILES string of the molecule is CCCCC/C(=C/c1ccccc1)CN(CC(C)C)C(=O)CCCCC[NH3+]. The summed E-state index contributed by atoms with van der Waals surface area (Å²) in [5.74, 6) is 0.796. The molecule has 0 atom stereocenters. The zero-order valence-corrected chi connectivity index (χ0v) is 17.9. The van der Waals surface area contributed by atoms with Crippen molar-refractivity contribution in [1.29, 1.82) is 0 Å². The molecule has 0 saturated carbocycles. The molecule has 3 nitrogen and oxygen atoms in total. The molecule has 27 heavy (non-hydrogen) atoms. The van der Waals surface area contributed by atoms with Crippen LogP contribution in [0.15, 0.2) is 35.9 Å². The third-order valence-corrected chi connectivity index (χ3v) is 4.74. The maximum absolute atomic E-state index is 12.8. The van der Waals surface area contributed by atoms with Gasteiger partial charge in [-0.05, 0) is 43.6 Å². The second kappa shape index (κ2) is 14.4. The maximum Gasteiger partial charge on any atom is 0.222 e. The first-order valence-electron chi connectivity index (χ1n) is 10.9. The van der Waals surface area contributed by atoms with Gasteiger partial charge >= 0.3 is 0 Å². The van der Waals surface area contributed by atoms with Crippen LogP contribution in [-0.4, -0.2) is 30.4 Å². The first-order chi connectivity index (χ1) is 13.1. The number of rotatable bonds is 14. The summed E-state index contributed by atoms with van der Waals surface area (Å²) < 4.78 is 0. The smallest absolute Gasteiger partial charge is 0.222 e. The van der Waals surface area contributed by atoms with E-state index in [9.17, 15) is 4.79 Å². The number of hydrogen-bond acceptors (Lipinski definition) is 1. The molecule has 0 unspecified atom stereocenters. The number of amides is 1. The molecule has 1 aromatic rings. The van der Waals surface area contributed by atoms with Crippen LogP contribution in [0, 0.1) is 5.92 Å². The molecule has 1 aromatic carbocycles. The molecular weight excluding hydrogens is 332 g/mol. The summed E-state index contributed by atoms with van der Waals surface area (Å²) in [4.78, 5) is 14.9. The van der Waals surface area contributed by atoms with Crippen LogP contribution in [-0.2, 0) is 4.79 Å². The molecule has 0 aliphatic carbocycles. The van der Waals surface area contributed by atoms with Gasteiger partial charge < -0.3 is 10.6 Å². The van der Waals surface area contributed by atoms with Gasteiger partial charge in [0.25, 0.3) is 0 Å². The highest BCUT2D eigenvalue weighted by Gasteiger charge is 2.16. The van der Waals surface area contributed by atoms with Crippen LogP contribution in [0.2, 0.25) is 0 Å². The van der Waals surface area contributed by atoms with E-state index in [1.807, 2.05) is 0 Å². The van der Waals surface area contributed by atoms with Gasteiger partial charge in [0, 0.05) is 19.5 Å². The third kappa shape index (κ3) is 11.0. The molecule has 3 N–H and O–H groups in total. The second-order valence-corrected chi connectivity index (χ2v) is 8.00. The van der Waals surface area contributed by atoms with E-state index >= 15 is 0 Å². The minimum atomic E-state index is 0.308. The molecule has 0 fully saturated rings. The summed E-state index contributed by atoms with van der Waals surface area (Å²) in [7, 11) is 0. The lowest BCUT2D eigenvalue weighted by Gasteiger charge is -2.26. The van der Waals surface area contributed by atoms with E-state index in [1.165, 1.54) is 30.4 Å². The number of hydrogen-bond donors (Lipinski definition) is 1. The largest absolute Gasteiger partial charge is 0.358 e. The van der Waals surface area contributed by atoms with E-state index < -0.39 is 0 Å². The Hall–Kier alpha value is -1.61. The zero-order valence-electron chi connectivity index (χ0n) is 17.9. The summed E-state index contributed by atoms with van der Waals surface area (Å²) in [6, 6.07) is 10.5. The predicted octanol–water partition coefficient (Wildman–Crippen LogP) is 4.94. The van der Waals surface area contributed by atoms with Crippen molar-refractivity contribution in [3.05, 3.63) is 41.5 Å². The van der Waals surface area contributed by atoms with Crippen LogP contribution in [0.3, 0.4) is 0 Å². The number of carbonyl (C=O) groups is 1. The number of benzene rings is 1. The van der Waals surface area contributed by atoms with Gasteiger partial charge in [0.2, 0.25) is 5.91 Å². The van der Waals surface area contributed by atoms with Gasteiger partial charge in [0.05, 0.1) is 6.54 Å². The van der Waals surface area contributed by atoms with Crippen molar-refractivity contribution in [2.75, 3.05) is 19.6 Å². The van der Waals surface area contributed by atoms with Crippen molar-refractivity contribution in [3.8, 4) is 0 Å². The minimum Gasteiger partial charge on any atom is -0.358 e. The lowest BCUT2D eigenvalue weighted by atomic mass is 10.0. The summed E-state index contributed by atoms with van der Waals surface area (Å²) in [6.07, 6.45) is 10.9. The van der Waals surface area contributed by atoms with Gasteiger partial charge in [0.1, 0.15) is 0 Å². The van der Waals surface area contributed by atoms with Gasteiger partial charge in [-0.1, -0.05) is 75.6 Å². The van der Waals surface area contributed by atoms with E-state index in [0.717, 1.165) is 45.3 Å². The highest BCUT2D eigenvalue weighted by molar-refractivity contribution is 5.76. The Labute approximate surface area is 167 Å². The fourth-order valence-corrected chi connectivity index (χ4v) is 3.31. The molecule has 0 aromatic heterocycles. The summed E-state index contributed by atoms with van der Waals surface area (Å²) >= 11 is 0. The normalized spacial score (nSPS) is 11.8. The molecule has 0 aliphatic rings. The van der Waals surface area contributed by atoms with Crippen LogP contribution < -0.4 is 5.73 Å². The van der Waals surface area contributed by atoms with E-state index in [0.29, 0.717) is 18.2 Å².